The summed E-state index contributed by atoms with van der Waals surface area (Å²) in [5.41, 5.74) is 1.34. The van der Waals surface area contributed by atoms with E-state index in [-0.39, 0.29) is 16.7 Å². The van der Waals surface area contributed by atoms with Crippen LogP contribution in [0.3, 0.4) is 0 Å². The summed E-state index contributed by atoms with van der Waals surface area (Å²) in [5.74, 6) is 1.59. The van der Waals surface area contributed by atoms with Crippen molar-refractivity contribution >= 4 is 45.0 Å². The second kappa shape index (κ2) is 9.73. The van der Waals surface area contributed by atoms with Gasteiger partial charge in [0.15, 0.2) is 0 Å². The van der Waals surface area contributed by atoms with Gasteiger partial charge >= 0.3 is 0 Å². The molecule has 3 N–H and O–H groups in total. The molecule has 8 nitrogen and oxygen atoms in total. The number of nitrogens with one attached hydrogen (secondary N) is 3. The van der Waals surface area contributed by atoms with Crippen molar-refractivity contribution in [3.05, 3.63) is 50.5 Å². The van der Waals surface area contributed by atoms with Crippen molar-refractivity contribution in [3.8, 4) is 6.07 Å². The van der Waals surface area contributed by atoms with E-state index in [1.807, 2.05) is 26.8 Å². The minimum absolute atomic E-state index is 0.0826. The van der Waals surface area contributed by atoms with Gasteiger partial charge in [0.25, 0.3) is 5.56 Å². The van der Waals surface area contributed by atoms with Crippen LogP contribution in [0, 0.1) is 25.2 Å². The van der Waals surface area contributed by atoms with Gasteiger partial charge in [0.05, 0.1) is 22.0 Å². The molecule has 0 saturated heterocycles. The van der Waals surface area contributed by atoms with Gasteiger partial charge in [-0.1, -0.05) is 0 Å². The molecule has 3 aromatic rings. The number of anilines is 1. The largest absolute Gasteiger partial charge is 0.368 e. The topological polar surface area (TPSA) is 124 Å². The summed E-state index contributed by atoms with van der Waals surface area (Å²) >= 11 is 2.93. The number of thioether (sulfide) groups is 1. The number of pyridine rings is 1. The number of thiophene rings is 1. The zero-order valence-electron chi connectivity index (χ0n) is 16.9. The lowest BCUT2D eigenvalue weighted by molar-refractivity contribution is -0.120. The lowest BCUT2D eigenvalue weighted by Gasteiger charge is -2.12. The highest BCUT2D eigenvalue weighted by Crippen LogP contribution is 2.26. The Bertz CT molecular complexity index is 1150. The maximum absolute atomic E-state index is 12.3. The minimum Gasteiger partial charge on any atom is -0.368 e. The van der Waals surface area contributed by atoms with Crippen LogP contribution in [0.1, 0.15) is 28.8 Å². The average molecular weight is 443 g/mol. The lowest BCUT2D eigenvalue weighted by Crippen LogP contribution is -2.34. The molecule has 3 heterocycles. The molecule has 0 spiro atoms. The molecule has 0 radical (unpaired) electrons. The van der Waals surface area contributed by atoms with Gasteiger partial charge in [0, 0.05) is 24.2 Å². The molecule has 0 aliphatic rings. The first kappa shape index (κ1) is 21.8. The van der Waals surface area contributed by atoms with Gasteiger partial charge in [0.1, 0.15) is 22.5 Å². The molecule has 1 unspecified atom stereocenters. The Morgan fingerprint density at radius 1 is 1.37 bits per heavy atom. The van der Waals surface area contributed by atoms with Crippen LogP contribution in [-0.4, -0.2) is 39.2 Å². The fourth-order valence-corrected chi connectivity index (χ4v) is 4.56. The van der Waals surface area contributed by atoms with E-state index in [0.29, 0.717) is 41.4 Å². The van der Waals surface area contributed by atoms with Gasteiger partial charge in [-0.05, 0) is 38.5 Å². The predicted molar refractivity (Wildman–Crippen MR) is 121 cm³/mol. The van der Waals surface area contributed by atoms with Crippen molar-refractivity contribution in [1.82, 2.24) is 20.3 Å². The summed E-state index contributed by atoms with van der Waals surface area (Å²) < 4.78 is 0. The minimum atomic E-state index is -0.286. The molecule has 0 aromatic carbocycles. The molecular weight excluding hydrogens is 420 g/mol. The Hall–Kier alpha value is -2.90. The van der Waals surface area contributed by atoms with Gasteiger partial charge in [-0.2, -0.15) is 5.26 Å². The summed E-state index contributed by atoms with van der Waals surface area (Å²) in [7, 11) is 0. The van der Waals surface area contributed by atoms with Gasteiger partial charge in [0.2, 0.25) is 5.91 Å². The van der Waals surface area contributed by atoms with E-state index in [9.17, 15) is 9.59 Å². The quantitative estimate of drug-likeness (QED) is 0.458. The molecule has 3 rings (SSSR count). The Labute approximate surface area is 182 Å². The van der Waals surface area contributed by atoms with Crippen molar-refractivity contribution in [1.29, 1.82) is 5.26 Å². The number of amides is 1. The highest BCUT2D eigenvalue weighted by molar-refractivity contribution is 7.99. The number of aryl methyl sites for hydroxylation is 2. The van der Waals surface area contributed by atoms with Crippen LogP contribution in [0.15, 0.2) is 23.1 Å². The second-order valence-electron chi connectivity index (χ2n) is 6.69. The van der Waals surface area contributed by atoms with E-state index in [1.165, 1.54) is 29.3 Å². The number of hydrogen-bond donors (Lipinski definition) is 3. The standard InChI is InChI=1S/C20H22N6O2S2/c1-11-12(2)30-20-17(11)19(28)25-16(26-20)10-29-13(3)18(27)23-7-6-22-15-5-4-14(8-21)9-24-15/h4-5,9,13H,6-7,10H2,1-3H3,(H,22,24)(H,23,27)(H,25,26,28). The van der Waals surface area contributed by atoms with E-state index in [1.54, 1.807) is 12.1 Å². The second-order valence-corrected chi connectivity index (χ2v) is 9.22. The molecule has 0 saturated carbocycles. The van der Waals surface area contributed by atoms with Crippen molar-refractivity contribution in [2.45, 2.75) is 31.8 Å². The summed E-state index contributed by atoms with van der Waals surface area (Å²) in [6.45, 7) is 6.70. The first-order chi connectivity index (χ1) is 14.4. The normalized spacial score (nSPS) is 11.8. The van der Waals surface area contributed by atoms with E-state index >= 15 is 0 Å². The molecule has 10 heteroatoms. The Balaban J connectivity index is 1.45. The summed E-state index contributed by atoms with van der Waals surface area (Å²) in [4.78, 5) is 37.9. The van der Waals surface area contributed by atoms with Crippen molar-refractivity contribution in [2.24, 2.45) is 0 Å². The molecule has 1 amide bonds. The molecular formula is C20H22N6O2S2. The number of carbonyl (C=O) groups excluding carboxylic acids is 1. The number of carbonyl (C=O) groups is 1. The highest BCUT2D eigenvalue weighted by atomic mass is 32.2. The summed E-state index contributed by atoms with van der Waals surface area (Å²) in [6.07, 6.45) is 1.49. The van der Waals surface area contributed by atoms with E-state index in [2.05, 4.69) is 25.6 Å². The van der Waals surface area contributed by atoms with E-state index in [0.717, 1.165) is 15.3 Å². The Kier molecular flexibility index (Phi) is 7.07. The third kappa shape index (κ3) is 5.17. The van der Waals surface area contributed by atoms with Crippen LogP contribution in [0.5, 0.6) is 0 Å². The van der Waals surface area contributed by atoms with E-state index < -0.39 is 0 Å². The van der Waals surface area contributed by atoms with Crippen LogP contribution < -0.4 is 16.2 Å². The lowest BCUT2D eigenvalue weighted by atomic mass is 10.2. The number of hydrogen-bond acceptors (Lipinski definition) is 8. The average Bonchev–Trinajstić information content (AvgIpc) is 3.03. The molecule has 0 aliphatic carbocycles. The van der Waals surface area contributed by atoms with E-state index in [4.69, 9.17) is 5.26 Å². The first-order valence-corrected chi connectivity index (χ1v) is 11.2. The van der Waals surface area contributed by atoms with Crippen LogP contribution >= 0.6 is 23.1 Å². The first-order valence-electron chi connectivity index (χ1n) is 9.37. The fraction of sp³-hybridized carbons (Fsp3) is 0.350. The zero-order valence-corrected chi connectivity index (χ0v) is 18.5. The maximum Gasteiger partial charge on any atom is 0.259 e. The Morgan fingerprint density at radius 3 is 2.87 bits per heavy atom. The molecule has 1 atom stereocenters. The monoisotopic (exact) mass is 442 g/mol. The van der Waals surface area contributed by atoms with Crippen LogP contribution in [-0.2, 0) is 10.5 Å². The predicted octanol–water partition coefficient (Wildman–Crippen LogP) is 2.72. The maximum atomic E-state index is 12.3. The third-order valence-electron chi connectivity index (χ3n) is 4.55. The molecule has 0 aliphatic heterocycles. The highest BCUT2D eigenvalue weighted by Gasteiger charge is 2.15. The number of aromatic nitrogens is 3. The number of nitrogens with zero attached hydrogens (tertiary/aromatic N) is 3. The van der Waals surface area contributed by atoms with Gasteiger partial charge < -0.3 is 15.6 Å². The number of H-pyrrole nitrogens is 1. The zero-order chi connectivity index (χ0) is 21.7. The number of aromatic amines is 1. The SMILES string of the molecule is Cc1sc2nc(CSC(C)C(=O)NCCNc3ccc(C#N)cn3)[nH]c(=O)c2c1C. The summed E-state index contributed by atoms with van der Waals surface area (Å²) in [6, 6.07) is 5.42. The van der Waals surface area contributed by atoms with Crippen molar-refractivity contribution in [3.63, 3.8) is 0 Å². The molecule has 3 aromatic heterocycles. The number of nitriles is 1. The molecule has 0 fully saturated rings. The number of rotatable bonds is 8. The van der Waals surface area contributed by atoms with Gasteiger partial charge in [-0.3, -0.25) is 9.59 Å². The van der Waals surface area contributed by atoms with Crippen LogP contribution in [0.2, 0.25) is 0 Å². The van der Waals surface area contributed by atoms with Crippen LogP contribution in [0.25, 0.3) is 10.2 Å². The number of fused-ring (bicyclic) bond motifs is 1. The van der Waals surface area contributed by atoms with Gasteiger partial charge in [-0.25, -0.2) is 9.97 Å². The van der Waals surface area contributed by atoms with Crippen molar-refractivity contribution in [2.75, 3.05) is 18.4 Å². The molecule has 0 bridgehead atoms. The fourth-order valence-electron chi connectivity index (χ4n) is 2.73. The van der Waals surface area contributed by atoms with Gasteiger partial charge in [-0.15, -0.1) is 23.1 Å². The Morgan fingerprint density at radius 2 is 2.17 bits per heavy atom. The smallest absolute Gasteiger partial charge is 0.259 e. The molecule has 30 heavy (non-hydrogen) atoms. The van der Waals surface area contributed by atoms with Crippen LogP contribution in [0.4, 0.5) is 5.82 Å². The molecule has 156 valence electrons. The summed E-state index contributed by atoms with van der Waals surface area (Å²) in [5, 5.41) is 15.1. The van der Waals surface area contributed by atoms with Crippen molar-refractivity contribution < 1.29 is 4.79 Å². The third-order valence-corrected chi connectivity index (χ3v) is 6.81.